The minimum atomic E-state index is -4.11. The molecule has 0 saturated carbocycles. The van der Waals surface area contributed by atoms with Crippen LogP contribution in [0.3, 0.4) is 0 Å². The summed E-state index contributed by atoms with van der Waals surface area (Å²) < 4.78 is 58.7. The number of carbonyl (C=O) groups excluding carboxylic acids is 1. The third kappa shape index (κ3) is 6.02. The topological polar surface area (TPSA) is 84.5 Å². The average molecular weight is 446 g/mol. The lowest BCUT2D eigenvalue weighted by atomic mass is 10.2. The Hall–Kier alpha value is -3.46. The van der Waals surface area contributed by atoms with E-state index in [4.69, 9.17) is 4.74 Å². The van der Waals surface area contributed by atoms with Crippen molar-refractivity contribution >= 4 is 21.6 Å². The van der Waals surface area contributed by atoms with E-state index >= 15 is 0 Å². The molecule has 0 unspecified atom stereocenters. The third-order valence-corrected chi connectivity index (χ3v) is 5.66. The fraction of sp³-hybridized carbons (Fsp3) is 0.136. The van der Waals surface area contributed by atoms with Gasteiger partial charge in [-0.1, -0.05) is 17.7 Å². The highest BCUT2D eigenvalue weighted by atomic mass is 32.2. The van der Waals surface area contributed by atoms with Gasteiger partial charge < -0.3 is 10.1 Å². The fourth-order valence-electron chi connectivity index (χ4n) is 2.62. The van der Waals surface area contributed by atoms with Crippen molar-refractivity contribution in [2.75, 3.05) is 17.9 Å². The van der Waals surface area contributed by atoms with Gasteiger partial charge in [-0.25, -0.2) is 17.2 Å². The highest BCUT2D eigenvalue weighted by Gasteiger charge is 2.17. The van der Waals surface area contributed by atoms with Crippen molar-refractivity contribution in [3.8, 4) is 5.75 Å². The Morgan fingerprint density at radius 2 is 1.61 bits per heavy atom. The van der Waals surface area contributed by atoms with Crippen LogP contribution in [0.1, 0.15) is 15.9 Å². The maximum atomic E-state index is 13.3. The number of halogens is 2. The summed E-state index contributed by atoms with van der Waals surface area (Å²) >= 11 is 0. The number of benzene rings is 3. The van der Waals surface area contributed by atoms with Crippen LogP contribution in [0.25, 0.3) is 0 Å². The van der Waals surface area contributed by atoms with Crippen molar-refractivity contribution in [3.05, 3.63) is 89.5 Å². The molecule has 0 bridgehead atoms. The Balaban J connectivity index is 1.53. The first-order chi connectivity index (χ1) is 14.7. The first-order valence-electron chi connectivity index (χ1n) is 9.30. The number of ether oxygens (including phenoxy) is 1. The predicted molar refractivity (Wildman–Crippen MR) is 113 cm³/mol. The molecule has 6 nitrogen and oxygen atoms in total. The molecule has 0 aromatic heterocycles. The summed E-state index contributed by atoms with van der Waals surface area (Å²) in [6.45, 7) is 2.56. The lowest BCUT2D eigenvalue weighted by Gasteiger charge is -2.10. The molecule has 0 aliphatic heterocycles. The largest absolute Gasteiger partial charge is 0.492 e. The Labute approximate surface area is 178 Å². The number of nitrogens with one attached hydrogen (secondary N) is 2. The van der Waals surface area contributed by atoms with Crippen LogP contribution in [-0.2, 0) is 10.0 Å². The fourth-order valence-corrected chi connectivity index (χ4v) is 3.69. The molecule has 31 heavy (non-hydrogen) atoms. The van der Waals surface area contributed by atoms with E-state index in [1.54, 1.807) is 0 Å². The highest BCUT2D eigenvalue weighted by Crippen LogP contribution is 2.19. The Morgan fingerprint density at radius 3 is 2.26 bits per heavy atom. The maximum absolute atomic E-state index is 13.3. The van der Waals surface area contributed by atoms with Crippen LogP contribution in [0.5, 0.6) is 5.75 Å². The molecule has 0 aliphatic rings. The molecule has 0 saturated heterocycles. The summed E-state index contributed by atoms with van der Waals surface area (Å²) in [5.41, 5.74) is 1.62. The van der Waals surface area contributed by atoms with Gasteiger partial charge in [-0.3, -0.25) is 9.52 Å². The molecule has 0 atom stereocenters. The van der Waals surface area contributed by atoms with Crippen molar-refractivity contribution in [1.82, 2.24) is 5.32 Å². The molecule has 162 valence electrons. The number of anilines is 1. The van der Waals surface area contributed by atoms with E-state index in [1.165, 1.54) is 24.3 Å². The van der Waals surface area contributed by atoms with Gasteiger partial charge >= 0.3 is 0 Å². The normalized spacial score (nSPS) is 11.1. The lowest BCUT2D eigenvalue weighted by Crippen LogP contribution is -2.28. The van der Waals surface area contributed by atoms with Crippen molar-refractivity contribution < 1.29 is 26.7 Å². The number of hydrogen-bond acceptors (Lipinski definition) is 4. The van der Waals surface area contributed by atoms with Gasteiger partial charge in [0.25, 0.3) is 15.9 Å². The van der Waals surface area contributed by atoms with Crippen molar-refractivity contribution in [2.24, 2.45) is 0 Å². The molecule has 0 aliphatic carbocycles. The van der Waals surface area contributed by atoms with Gasteiger partial charge in [0.15, 0.2) is 11.6 Å². The van der Waals surface area contributed by atoms with Crippen LogP contribution in [0.15, 0.2) is 71.6 Å². The summed E-state index contributed by atoms with van der Waals surface area (Å²) in [5, 5.41) is 2.71. The Kier molecular flexibility index (Phi) is 6.86. The quantitative estimate of drug-likeness (QED) is 0.515. The first-order valence-corrected chi connectivity index (χ1v) is 10.8. The van der Waals surface area contributed by atoms with Gasteiger partial charge in [0.1, 0.15) is 12.4 Å². The van der Waals surface area contributed by atoms with Crippen LogP contribution in [0.2, 0.25) is 0 Å². The average Bonchev–Trinajstić information content (AvgIpc) is 2.74. The number of carbonyl (C=O) groups is 1. The second-order valence-corrected chi connectivity index (χ2v) is 8.36. The van der Waals surface area contributed by atoms with Crippen LogP contribution in [-0.4, -0.2) is 27.5 Å². The number of hydrogen-bond donors (Lipinski definition) is 2. The molecule has 0 radical (unpaired) electrons. The monoisotopic (exact) mass is 446 g/mol. The van der Waals surface area contributed by atoms with Gasteiger partial charge in [0.05, 0.1) is 11.4 Å². The summed E-state index contributed by atoms with van der Waals surface area (Å²) in [6, 6.07) is 15.5. The van der Waals surface area contributed by atoms with Gasteiger partial charge in [0, 0.05) is 11.3 Å². The van der Waals surface area contributed by atoms with E-state index in [0.717, 1.165) is 17.7 Å². The Morgan fingerprint density at radius 1 is 0.935 bits per heavy atom. The van der Waals surface area contributed by atoms with E-state index in [9.17, 15) is 22.0 Å². The molecule has 1 amide bonds. The SMILES string of the molecule is Cc1ccc(OCCNC(=O)c2ccc(NS(=O)(=O)c3ccc(F)c(F)c3)cc2)cc1. The molecule has 3 aromatic rings. The number of aryl methyl sites for hydroxylation is 1. The summed E-state index contributed by atoms with van der Waals surface area (Å²) in [5.74, 6) is -2.04. The molecule has 2 N–H and O–H groups in total. The molecule has 0 heterocycles. The van der Waals surface area contributed by atoms with E-state index in [-0.39, 0.29) is 18.1 Å². The molecule has 9 heteroatoms. The summed E-state index contributed by atoms with van der Waals surface area (Å²) in [4.78, 5) is 11.8. The molecule has 3 aromatic carbocycles. The lowest BCUT2D eigenvalue weighted by molar-refractivity contribution is 0.0947. The summed E-state index contributed by atoms with van der Waals surface area (Å²) in [7, 11) is -4.11. The zero-order valence-corrected chi connectivity index (χ0v) is 17.4. The van der Waals surface area contributed by atoms with E-state index < -0.39 is 26.6 Å². The Bertz CT molecular complexity index is 1170. The molecular weight excluding hydrogens is 426 g/mol. The van der Waals surface area contributed by atoms with Gasteiger partial charge in [0.2, 0.25) is 0 Å². The molecule has 0 fully saturated rings. The van der Waals surface area contributed by atoms with Crippen molar-refractivity contribution in [3.63, 3.8) is 0 Å². The van der Waals surface area contributed by atoms with E-state index in [0.29, 0.717) is 24.0 Å². The van der Waals surface area contributed by atoms with Crippen molar-refractivity contribution in [1.29, 1.82) is 0 Å². The van der Waals surface area contributed by atoms with Crippen LogP contribution in [0.4, 0.5) is 14.5 Å². The second kappa shape index (κ2) is 9.57. The van der Waals surface area contributed by atoms with Crippen LogP contribution in [0, 0.1) is 18.6 Å². The predicted octanol–water partition coefficient (Wildman–Crippen LogP) is 3.88. The molecule has 0 spiro atoms. The smallest absolute Gasteiger partial charge is 0.261 e. The van der Waals surface area contributed by atoms with Gasteiger partial charge in [-0.05, 0) is 61.5 Å². The number of rotatable bonds is 8. The first kappa shape index (κ1) is 22.2. The van der Waals surface area contributed by atoms with E-state index in [2.05, 4.69) is 10.0 Å². The second-order valence-electron chi connectivity index (χ2n) is 6.68. The van der Waals surface area contributed by atoms with Gasteiger partial charge in [-0.2, -0.15) is 0 Å². The third-order valence-electron chi connectivity index (χ3n) is 4.28. The van der Waals surface area contributed by atoms with Gasteiger partial charge in [-0.15, -0.1) is 0 Å². The zero-order valence-electron chi connectivity index (χ0n) is 16.6. The minimum Gasteiger partial charge on any atom is -0.492 e. The van der Waals surface area contributed by atoms with Crippen molar-refractivity contribution in [2.45, 2.75) is 11.8 Å². The standard InChI is InChI=1S/C22H20F2N2O4S/c1-15-2-8-18(9-3-15)30-13-12-25-22(27)16-4-6-17(7-5-16)26-31(28,29)19-10-11-20(23)21(24)14-19/h2-11,14,26H,12-13H2,1H3,(H,25,27). The number of amides is 1. The van der Waals surface area contributed by atoms with Crippen LogP contribution >= 0.6 is 0 Å². The summed E-state index contributed by atoms with van der Waals surface area (Å²) in [6.07, 6.45) is 0. The number of sulfonamides is 1. The zero-order chi connectivity index (χ0) is 22.4. The highest BCUT2D eigenvalue weighted by molar-refractivity contribution is 7.92. The molecular formula is C22H20F2N2O4S. The minimum absolute atomic E-state index is 0.170. The molecule has 3 rings (SSSR count). The van der Waals surface area contributed by atoms with Crippen LogP contribution < -0.4 is 14.8 Å². The maximum Gasteiger partial charge on any atom is 0.261 e. The van der Waals surface area contributed by atoms with E-state index in [1.807, 2.05) is 31.2 Å².